The molecule has 1 aromatic heterocycles. The van der Waals surface area contributed by atoms with E-state index >= 15 is 0 Å². The normalized spacial score (nSPS) is 14.7. The van der Waals surface area contributed by atoms with Gasteiger partial charge in [0, 0.05) is 11.9 Å². The van der Waals surface area contributed by atoms with Crippen molar-refractivity contribution in [3.05, 3.63) is 93.8 Å². The molecule has 1 aliphatic heterocycles. The van der Waals surface area contributed by atoms with Gasteiger partial charge in [-0.1, -0.05) is 18.2 Å². The largest absolute Gasteiger partial charge is 0.486 e. The molecule has 0 aliphatic carbocycles. The molecule has 5 nitrogen and oxygen atoms in total. The number of aromatic nitrogens is 1. The molecule has 1 amide bonds. The molecule has 4 aromatic rings. The Morgan fingerprint density at radius 1 is 1.00 bits per heavy atom. The van der Waals surface area contributed by atoms with E-state index in [1.54, 1.807) is 25.1 Å². The van der Waals surface area contributed by atoms with E-state index in [4.69, 9.17) is 4.74 Å². The summed E-state index contributed by atoms with van der Waals surface area (Å²) in [5, 5.41) is 2.43. The molecule has 0 fully saturated rings. The average molecular weight is 468 g/mol. The number of hydrogen-bond acceptors (Lipinski definition) is 3. The summed E-state index contributed by atoms with van der Waals surface area (Å²) in [6.07, 6.45) is 1.30. The zero-order valence-electron chi connectivity index (χ0n) is 17.7. The zero-order valence-corrected chi connectivity index (χ0v) is 17.7. The van der Waals surface area contributed by atoms with Crippen molar-refractivity contribution < 1.29 is 27.1 Å². The summed E-state index contributed by atoms with van der Waals surface area (Å²) < 4.78 is 62.1. The fourth-order valence-electron chi connectivity index (χ4n) is 4.01. The monoisotopic (exact) mass is 468 g/mol. The lowest BCUT2D eigenvalue weighted by atomic mass is 10.0. The predicted octanol–water partition coefficient (Wildman–Crippen LogP) is 5.43. The summed E-state index contributed by atoms with van der Waals surface area (Å²) >= 11 is 0. The van der Waals surface area contributed by atoms with Crippen LogP contribution in [0.25, 0.3) is 22.0 Å². The number of anilines is 1. The van der Waals surface area contributed by atoms with Gasteiger partial charge in [-0.25, -0.2) is 13.2 Å². The molecule has 2 heterocycles. The Hall–Kier alpha value is -4.14. The first-order valence-corrected chi connectivity index (χ1v) is 10.3. The highest BCUT2D eigenvalue weighted by Crippen LogP contribution is 2.35. The van der Waals surface area contributed by atoms with Crippen LogP contribution in [0.1, 0.15) is 23.3 Å². The van der Waals surface area contributed by atoms with Gasteiger partial charge in [0.25, 0.3) is 5.91 Å². The van der Waals surface area contributed by atoms with E-state index in [1.165, 1.54) is 22.9 Å². The number of pyridine rings is 1. The van der Waals surface area contributed by atoms with E-state index in [1.807, 2.05) is 0 Å². The molecule has 0 spiro atoms. The number of carbonyl (C=O) groups excluding carboxylic acids is 1. The number of nitrogens with zero attached hydrogens (tertiary/aromatic N) is 1. The van der Waals surface area contributed by atoms with Crippen LogP contribution >= 0.6 is 0 Å². The molecule has 9 heteroatoms. The van der Waals surface area contributed by atoms with Crippen molar-refractivity contribution in [1.29, 1.82) is 0 Å². The van der Waals surface area contributed by atoms with Gasteiger partial charge in [-0.05, 0) is 48.4 Å². The Balaban J connectivity index is 1.55. The van der Waals surface area contributed by atoms with Crippen molar-refractivity contribution in [2.45, 2.75) is 13.0 Å². The van der Waals surface area contributed by atoms with Crippen LogP contribution in [0.3, 0.4) is 0 Å². The average Bonchev–Trinajstić information content (AvgIpc) is 2.81. The van der Waals surface area contributed by atoms with Crippen LogP contribution < -0.4 is 15.5 Å². The number of nitrogens with one attached hydrogen (secondary N) is 1. The van der Waals surface area contributed by atoms with Gasteiger partial charge in [-0.2, -0.15) is 4.39 Å². The Labute approximate surface area is 190 Å². The van der Waals surface area contributed by atoms with Crippen molar-refractivity contribution in [2.24, 2.45) is 0 Å². The summed E-state index contributed by atoms with van der Waals surface area (Å²) in [5.41, 5.74) is 0.237. The molecule has 172 valence electrons. The van der Waals surface area contributed by atoms with Gasteiger partial charge < -0.3 is 14.6 Å². The van der Waals surface area contributed by atoms with Gasteiger partial charge in [0.1, 0.15) is 12.2 Å². The quantitative estimate of drug-likeness (QED) is 0.408. The maximum absolute atomic E-state index is 14.2. The maximum atomic E-state index is 14.2. The first-order valence-electron chi connectivity index (χ1n) is 10.3. The lowest BCUT2D eigenvalue weighted by molar-refractivity contribution is 0.102. The van der Waals surface area contributed by atoms with Gasteiger partial charge in [0.2, 0.25) is 11.2 Å². The molecule has 5 rings (SSSR count). The van der Waals surface area contributed by atoms with Gasteiger partial charge in [0.05, 0.1) is 16.9 Å². The standard InChI is InChI=1S/C25H16F4N2O3/c1-12-11-34-24-21(29)20(28)9-16-22(24)31(12)10-17(23(16)32)25(33)30-15-4-2-3-13(7-15)14-5-6-18(26)19(27)8-14/h2-10,12H,11H2,1H3,(H,30,33)/t12-/m0/s1. The summed E-state index contributed by atoms with van der Waals surface area (Å²) in [6, 6.07) is 10.2. The molecule has 0 saturated carbocycles. The fraction of sp³-hybridized carbons (Fsp3) is 0.120. The van der Waals surface area contributed by atoms with Crippen LogP contribution in [0.15, 0.2) is 59.5 Å². The van der Waals surface area contributed by atoms with Crippen LogP contribution in [0.4, 0.5) is 23.2 Å². The molecule has 0 bridgehead atoms. The first kappa shape index (κ1) is 21.7. The van der Waals surface area contributed by atoms with Crippen molar-refractivity contribution >= 4 is 22.5 Å². The van der Waals surface area contributed by atoms with Crippen molar-refractivity contribution in [1.82, 2.24) is 4.57 Å². The minimum atomic E-state index is -1.25. The second-order valence-electron chi connectivity index (χ2n) is 8.00. The van der Waals surface area contributed by atoms with E-state index in [2.05, 4.69) is 5.32 Å². The summed E-state index contributed by atoms with van der Waals surface area (Å²) in [7, 11) is 0. The topological polar surface area (TPSA) is 60.3 Å². The molecule has 1 N–H and O–H groups in total. The van der Waals surface area contributed by atoms with E-state index in [0.29, 0.717) is 16.8 Å². The smallest absolute Gasteiger partial charge is 0.261 e. The Morgan fingerprint density at radius 2 is 1.76 bits per heavy atom. The number of rotatable bonds is 3. The Kier molecular flexibility index (Phi) is 5.11. The van der Waals surface area contributed by atoms with E-state index in [0.717, 1.165) is 18.2 Å². The van der Waals surface area contributed by atoms with Gasteiger partial charge in [0.15, 0.2) is 23.2 Å². The fourth-order valence-corrected chi connectivity index (χ4v) is 4.01. The number of amides is 1. The van der Waals surface area contributed by atoms with Gasteiger partial charge >= 0.3 is 0 Å². The molecule has 0 unspecified atom stereocenters. The van der Waals surface area contributed by atoms with Gasteiger partial charge in [-0.3, -0.25) is 9.59 Å². The highest BCUT2D eigenvalue weighted by molar-refractivity contribution is 6.06. The molecule has 0 saturated heterocycles. The van der Waals surface area contributed by atoms with Crippen LogP contribution in [0, 0.1) is 23.3 Å². The maximum Gasteiger partial charge on any atom is 0.261 e. The lowest BCUT2D eigenvalue weighted by Crippen LogP contribution is -2.29. The van der Waals surface area contributed by atoms with E-state index in [-0.39, 0.29) is 34.9 Å². The number of carbonyl (C=O) groups is 1. The lowest BCUT2D eigenvalue weighted by Gasteiger charge is -2.27. The summed E-state index contributed by atoms with van der Waals surface area (Å²) in [5.74, 6) is -5.56. The van der Waals surface area contributed by atoms with Crippen LogP contribution in [-0.2, 0) is 0 Å². The third-order valence-corrected chi connectivity index (χ3v) is 5.73. The van der Waals surface area contributed by atoms with Crippen LogP contribution in [0.5, 0.6) is 5.75 Å². The first-order chi connectivity index (χ1) is 16.2. The summed E-state index contributed by atoms with van der Waals surface area (Å²) in [6.45, 7) is 1.78. The highest BCUT2D eigenvalue weighted by atomic mass is 19.2. The summed E-state index contributed by atoms with van der Waals surface area (Å²) in [4.78, 5) is 26.1. The minimum absolute atomic E-state index is 0.0304. The Morgan fingerprint density at radius 3 is 2.53 bits per heavy atom. The number of benzene rings is 3. The molecule has 34 heavy (non-hydrogen) atoms. The molecular weight excluding hydrogens is 452 g/mol. The SMILES string of the molecule is C[C@H]1COc2c(F)c(F)cc3c(=O)c(C(=O)Nc4cccc(-c5ccc(F)c(F)c5)c4)cn1c23. The molecule has 0 radical (unpaired) electrons. The third kappa shape index (κ3) is 3.49. The van der Waals surface area contributed by atoms with Crippen LogP contribution in [0.2, 0.25) is 0 Å². The molecule has 1 atom stereocenters. The predicted molar refractivity (Wildman–Crippen MR) is 118 cm³/mol. The van der Waals surface area contributed by atoms with Gasteiger partial charge in [-0.15, -0.1) is 0 Å². The minimum Gasteiger partial charge on any atom is -0.486 e. The van der Waals surface area contributed by atoms with E-state index < -0.39 is 34.6 Å². The second kappa shape index (κ2) is 8.02. The van der Waals surface area contributed by atoms with Crippen molar-refractivity contribution in [3.8, 4) is 16.9 Å². The number of ether oxygens (including phenoxy) is 1. The highest BCUT2D eigenvalue weighted by Gasteiger charge is 2.28. The third-order valence-electron chi connectivity index (χ3n) is 5.73. The van der Waals surface area contributed by atoms with Crippen LogP contribution in [-0.4, -0.2) is 17.1 Å². The molecule has 1 aliphatic rings. The molecule has 3 aromatic carbocycles. The second-order valence-corrected chi connectivity index (χ2v) is 8.00. The molecular formula is C25H16F4N2O3. The van der Waals surface area contributed by atoms with E-state index in [9.17, 15) is 27.2 Å². The zero-order chi connectivity index (χ0) is 24.1. The van der Waals surface area contributed by atoms with Crippen molar-refractivity contribution in [2.75, 3.05) is 11.9 Å². The van der Waals surface area contributed by atoms with Crippen molar-refractivity contribution in [3.63, 3.8) is 0 Å². The number of hydrogen-bond donors (Lipinski definition) is 1. The number of halogens is 4. The Bertz CT molecular complexity index is 1550.